The van der Waals surface area contributed by atoms with E-state index in [1.54, 1.807) is 0 Å². The van der Waals surface area contributed by atoms with Crippen molar-refractivity contribution in [2.45, 2.75) is 0 Å². The second-order valence-corrected chi connectivity index (χ2v) is 3.68. The van der Waals surface area contributed by atoms with E-state index in [2.05, 4.69) is 8.92 Å². The van der Waals surface area contributed by atoms with Gasteiger partial charge in [0, 0.05) is 6.54 Å². The zero-order valence-electron chi connectivity index (χ0n) is 6.60. The maximum atomic E-state index is 10.7. The van der Waals surface area contributed by atoms with Gasteiger partial charge in [0.05, 0.1) is 19.0 Å². The second-order valence-electron chi connectivity index (χ2n) is 1.92. The van der Waals surface area contributed by atoms with Crippen molar-refractivity contribution in [1.82, 2.24) is 0 Å². The molecule has 0 amide bonds. The van der Waals surface area contributed by atoms with Crippen LogP contribution in [0.25, 0.3) is 0 Å². The summed E-state index contributed by atoms with van der Waals surface area (Å²) in [6.45, 7) is -0.469. The Balaban J connectivity index is 3.48. The Bertz CT molecular complexity index is 190. The highest BCUT2D eigenvalue weighted by Crippen LogP contribution is 1.91. The molecule has 0 fully saturated rings. The van der Waals surface area contributed by atoms with Gasteiger partial charge in [-0.15, -0.1) is 0 Å². The van der Waals surface area contributed by atoms with Crippen LogP contribution in [0.5, 0.6) is 0 Å². The second kappa shape index (κ2) is 6.32. The molecular formula is C5H13NO5S. The van der Waals surface area contributed by atoms with Crippen LogP contribution in [-0.4, -0.2) is 45.8 Å². The van der Waals surface area contributed by atoms with E-state index in [0.717, 1.165) is 0 Å². The van der Waals surface area contributed by atoms with Gasteiger partial charge in [0.2, 0.25) is 0 Å². The zero-order valence-corrected chi connectivity index (χ0v) is 7.42. The summed E-state index contributed by atoms with van der Waals surface area (Å²) in [5, 5.41) is 8.25. The molecule has 74 valence electrons. The molecule has 0 aliphatic rings. The Morgan fingerprint density at radius 2 is 2.08 bits per heavy atom. The molecule has 0 radical (unpaired) electrons. The number of ether oxygens (including phenoxy) is 1. The van der Waals surface area contributed by atoms with Crippen molar-refractivity contribution in [1.29, 1.82) is 0 Å². The van der Waals surface area contributed by atoms with Gasteiger partial charge in [0.25, 0.3) is 10.1 Å². The number of hydrogen-bond donors (Lipinski definition) is 2. The SMILES string of the molecule is NCCS(=O)(=O)OCOCCO. The average molecular weight is 199 g/mol. The highest BCUT2D eigenvalue weighted by Gasteiger charge is 2.08. The van der Waals surface area contributed by atoms with Crippen molar-refractivity contribution >= 4 is 10.1 Å². The molecule has 0 aliphatic carbocycles. The third-order valence-electron chi connectivity index (χ3n) is 0.914. The van der Waals surface area contributed by atoms with Crippen molar-refractivity contribution in [2.24, 2.45) is 5.73 Å². The molecule has 0 saturated heterocycles. The van der Waals surface area contributed by atoms with Crippen LogP contribution in [0.3, 0.4) is 0 Å². The molecule has 0 aliphatic heterocycles. The van der Waals surface area contributed by atoms with Crippen LogP contribution in [-0.2, 0) is 19.0 Å². The lowest BCUT2D eigenvalue weighted by Gasteiger charge is -2.03. The lowest BCUT2D eigenvalue weighted by molar-refractivity contribution is 0.00255. The van der Waals surface area contributed by atoms with Crippen molar-refractivity contribution < 1.29 is 22.4 Å². The van der Waals surface area contributed by atoms with Crippen LogP contribution in [0.4, 0.5) is 0 Å². The predicted molar refractivity (Wildman–Crippen MR) is 41.8 cm³/mol. The lowest BCUT2D eigenvalue weighted by atomic mass is 10.8. The third-order valence-corrected chi connectivity index (χ3v) is 2.11. The van der Waals surface area contributed by atoms with Crippen LogP contribution >= 0.6 is 0 Å². The number of aliphatic hydroxyl groups is 1. The van der Waals surface area contributed by atoms with Crippen LogP contribution in [0.2, 0.25) is 0 Å². The number of hydrogen-bond acceptors (Lipinski definition) is 6. The monoisotopic (exact) mass is 199 g/mol. The quantitative estimate of drug-likeness (QED) is 0.287. The summed E-state index contributed by atoms with van der Waals surface area (Å²) in [4.78, 5) is 0. The van der Waals surface area contributed by atoms with E-state index >= 15 is 0 Å². The number of aliphatic hydroxyl groups excluding tert-OH is 1. The summed E-state index contributed by atoms with van der Waals surface area (Å²) in [5.41, 5.74) is 5.01. The average Bonchev–Trinajstić information content (AvgIpc) is 1.98. The molecule has 0 spiro atoms. The molecule has 3 N–H and O–H groups in total. The number of nitrogens with two attached hydrogens (primary N) is 1. The first kappa shape index (κ1) is 11.8. The first-order chi connectivity index (χ1) is 5.62. The molecule has 0 unspecified atom stereocenters. The molecule has 7 heteroatoms. The predicted octanol–water partition coefficient (Wildman–Crippen LogP) is -1.74. The molecule has 0 heterocycles. The standard InChI is InChI=1S/C5H13NO5S/c6-1-4-12(8,9)11-5-10-3-2-7/h7H,1-6H2. The first-order valence-electron chi connectivity index (χ1n) is 3.38. The third kappa shape index (κ3) is 6.50. The summed E-state index contributed by atoms with van der Waals surface area (Å²) < 4.78 is 30.4. The van der Waals surface area contributed by atoms with Gasteiger partial charge in [0.1, 0.15) is 0 Å². The largest absolute Gasteiger partial charge is 0.394 e. The van der Waals surface area contributed by atoms with Gasteiger partial charge in [-0.3, -0.25) is 0 Å². The van der Waals surface area contributed by atoms with E-state index in [1.807, 2.05) is 0 Å². The van der Waals surface area contributed by atoms with Crippen LogP contribution in [0.1, 0.15) is 0 Å². The maximum Gasteiger partial charge on any atom is 0.270 e. The molecule has 6 nitrogen and oxygen atoms in total. The summed E-state index contributed by atoms with van der Waals surface area (Å²) in [6, 6.07) is 0. The van der Waals surface area contributed by atoms with E-state index in [4.69, 9.17) is 10.8 Å². The van der Waals surface area contributed by atoms with Crippen LogP contribution in [0.15, 0.2) is 0 Å². The fourth-order valence-corrected chi connectivity index (χ4v) is 1.06. The van der Waals surface area contributed by atoms with Gasteiger partial charge < -0.3 is 15.6 Å². The molecular weight excluding hydrogens is 186 g/mol. The minimum Gasteiger partial charge on any atom is -0.394 e. The normalized spacial score (nSPS) is 11.8. The van der Waals surface area contributed by atoms with Gasteiger partial charge in [0.15, 0.2) is 6.79 Å². The summed E-state index contributed by atoms with van der Waals surface area (Å²) in [5.74, 6) is -0.227. The zero-order chi connectivity index (χ0) is 9.45. The van der Waals surface area contributed by atoms with Gasteiger partial charge in [-0.25, -0.2) is 4.18 Å². The first-order valence-corrected chi connectivity index (χ1v) is 4.96. The molecule has 0 rings (SSSR count). The van der Waals surface area contributed by atoms with Crippen molar-refractivity contribution in [3.8, 4) is 0 Å². The Kier molecular flexibility index (Phi) is 6.21. The highest BCUT2D eigenvalue weighted by atomic mass is 32.2. The fourth-order valence-electron chi connectivity index (χ4n) is 0.434. The summed E-state index contributed by atoms with van der Waals surface area (Å²) in [7, 11) is -3.54. The molecule has 0 aromatic heterocycles. The van der Waals surface area contributed by atoms with E-state index in [9.17, 15) is 8.42 Å². The molecule has 0 aromatic rings. The molecule has 0 saturated carbocycles. The van der Waals surface area contributed by atoms with Gasteiger partial charge in [-0.2, -0.15) is 8.42 Å². The maximum absolute atomic E-state index is 10.7. The van der Waals surface area contributed by atoms with Crippen molar-refractivity contribution in [3.63, 3.8) is 0 Å². The van der Waals surface area contributed by atoms with Crippen molar-refractivity contribution in [3.05, 3.63) is 0 Å². The van der Waals surface area contributed by atoms with E-state index in [0.29, 0.717) is 0 Å². The summed E-state index contributed by atoms with van der Waals surface area (Å²) >= 11 is 0. The molecule has 12 heavy (non-hydrogen) atoms. The minimum atomic E-state index is -3.54. The Morgan fingerprint density at radius 3 is 2.58 bits per heavy atom. The van der Waals surface area contributed by atoms with Crippen LogP contribution in [0, 0.1) is 0 Å². The number of rotatable bonds is 7. The lowest BCUT2D eigenvalue weighted by Crippen LogP contribution is -2.19. The highest BCUT2D eigenvalue weighted by molar-refractivity contribution is 7.86. The topological polar surface area (TPSA) is 98.9 Å². The fraction of sp³-hybridized carbons (Fsp3) is 1.00. The van der Waals surface area contributed by atoms with Crippen molar-refractivity contribution in [2.75, 3.05) is 32.3 Å². The van der Waals surface area contributed by atoms with E-state index < -0.39 is 10.1 Å². The Labute approximate surface area is 71.4 Å². The smallest absolute Gasteiger partial charge is 0.270 e. The molecule has 0 aromatic carbocycles. The molecule has 0 bridgehead atoms. The van der Waals surface area contributed by atoms with E-state index in [1.165, 1.54) is 0 Å². The summed E-state index contributed by atoms with van der Waals surface area (Å²) in [6.07, 6.45) is 0. The van der Waals surface area contributed by atoms with Gasteiger partial charge in [-0.05, 0) is 0 Å². The Morgan fingerprint density at radius 1 is 1.42 bits per heavy atom. The molecule has 0 atom stereocenters. The Hall–Kier alpha value is -0.210. The van der Waals surface area contributed by atoms with Gasteiger partial charge in [-0.1, -0.05) is 0 Å². The van der Waals surface area contributed by atoms with Crippen LogP contribution < -0.4 is 5.73 Å². The van der Waals surface area contributed by atoms with Gasteiger partial charge >= 0.3 is 0 Å². The van der Waals surface area contributed by atoms with E-state index in [-0.39, 0.29) is 32.3 Å². The minimum absolute atomic E-state index is 0.0162.